The highest BCUT2D eigenvalue weighted by molar-refractivity contribution is 4.96. The topological polar surface area (TPSA) is 9.23 Å². The number of allylic oxidation sites excluding steroid dienone is 1. The first-order valence-corrected chi connectivity index (χ1v) is 3.88. The van der Waals surface area contributed by atoms with Crippen LogP contribution in [0.15, 0.2) is 12.2 Å². The Hall–Kier alpha value is -0.510. The van der Waals surface area contributed by atoms with Gasteiger partial charge >= 0.3 is 6.36 Å². The molecule has 0 aromatic carbocycles. The van der Waals surface area contributed by atoms with Gasteiger partial charge in [0.05, 0.1) is 6.10 Å². The van der Waals surface area contributed by atoms with E-state index < -0.39 is 12.5 Å². The number of ether oxygens (including phenoxy) is 1. The quantitative estimate of drug-likeness (QED) is 0.564. The summed E-state index contributed by atoms with van der Waals surface area (Å²) >= 11 is 0. The van der Waals surface area contributed by atoms with Crippen molar-refractivity contribution in [2.75, 3.05) is 0 Å². The van der Waals surface area contributed by atoms with E-state index in [1.54, 1.807) is 6.08 Å². The van der Waals surface area contributed by atoms with Crippen LogP contribution in [-0.2, 0) is 4.74 Å². The maximum Gasteiger partial charge on any atom is 0.523 e. The van der Waals surface area contributed by atoms with Gasteiger partial charge in [-0.15, -0.1) is 13.2 Å². The highest BCUT2D eigenvalue weighted by atomic mass is 19.4. The number of alkyl halides is 3. The molecule has 0 saturated heterocycles. The lowest BCUT2D eigenvalue weighted by atomic mass is 9.94. The summed E-state index contributed by atoms with van der Waals surface area (Å²) in [7, 11) is 0. The lowest BCUT2D eigenvalue weighted by Crippen LogP contribution is -2.25. The van der Waals surface area contributed by atoms with Crippen molar-refractivity contribution in [1.82, 2.24) is 0 Å². The summed E-state index contributed by atoms with van der Waals surface area (Å²) in [6, 6.07) is 0. The highest BCUT2D eigenvalue weighted by Crippen LogP contribution is 2.26. The summed E-state index contributed by atoms with van der Waals surface area (Å²) < 4.78 is 39.0. The summed E-state index contributed by atoms with van der Waals surface area (Å²) in [5.41, 5.74) is 0. The van der Waals surface area contributed by atoms with Crippen molar-refractivity contribution in [3.05, 3.63) is 12.2 Å². The summed E-state index contributed by atoms with van der Waals surface area (Å²) in [6.07, 6.45) is -0.772. The molecule has 1 nitrogen and oxygen atoms in total. The molecule has 0 aromatic heterocycles. The molecular weight excluding hydrogens is 169 g/mol. The van der Waals surface area contributed by atoms with Gasteiger partial charge in [-0.3, -0.25) is 4.74 Å². The fourth-order valence-corrected chi connectivity index (χ4v) is 1.29. The van der Waals surface area contributed by atoms with Crippen LogP contribution in [0.25, 0.3) is 0 Å². The van der Waals surface area contributed by atoms with Gasteiger partial charge in [0.15, 0.2) is 0 Å². The molecule has 0 fully saturated rings. The van der Waals surface area contributed by atoms with Gasteiger partial charge in [0.1, 0.15) is 0 Å². The first-order valence-electron chi connectivity index (χ1n) is 3.88. The van der Waals surface area contributed by atoms with E-state index in [2.05, 4.69) is 4.74 Å². The average molecular weight is 180 g/mol. The van der Waals surface area contributed by atoms with Crippen molar-refractivity contribution in [2.45, 2.75) is 32.2 Å². The third-order valence-corrected chi connectivity index (χ3v) is 1.81. The zero-order valence-electron chi connectivity index (χ0n) is 6.77. The molecule has 1 aliphatic carbocycles. The second-order valence-corrected chi connectivity index (χ2v) is 3.11. The molecule has 0 amide bonds. The maximum absolute atomic E-state index is 11.7. The van der Waals surface area contributed by atoms with Crippen LogP contribution in [-0.4, -0.2) is 12.5 Å². The lowest BCUT2D eigenvalue weighted by Gasteiger charge is -2.22. The van der Waals surface area contributed by atoms with Gasteiger partial charge in [0.2, 0.25) is 0 Å². The molecule has 12 heavy (non-hydrogen) atoms. The Balaban J connectivity index is 2.43. The Labute approximate surface area is 69.2 Å². The average Bonchev–Trinajstić information content (AvgIpc) is 1.82. The Morgan fingerprint density at radius 1 is 1.42 bits per heavy atom. The van der Waals surface area contributed by atoms with Crippen molar-refractivity contribution >= 4 is 0 Å². The van der Waals surface area contributed by atoms with Crippen molar-refractivity contribution in [3.63, 3.8) is 0 Å². The molecule has 1 aliphatic rings. The summed E-state index contributed by atoms with van der Waals surface area (Å²) in [5.74, 6) is 0.280. The summed E-state index contributed by atoms with van der Waals surface area (Å²) in [5, 5.41) is 0. The molecular formula is C8H11F3O. The minimum atomic E-state index is -4.51. The van der Waals surface area contributed by atoms with Crippen LogP contribution < -0.4 is 0 Å². The molecule has 0 N–H and O–H groups in total. The molecule has 1 unspecified atom stereocenters. The summed E-state index contributed by atoms with van der Waals surface area (Å²) in [4.78, 5) is 0. The number of halogens is 3. The standard InChI is InChI=1S/C8H11F3O/c1-6-3-2-4-7(5-6)12-8(9,10)11/h2,4,6-7H,3,5H2,1H3/t6?,7-/m0/s1. The van der Waals surface area contributed by atoms with Gasteiger partial charge in [-0.1, -0.05) is 19.1 Å². The predicted octanol–water partition coefficient (Wildman–Crippen LogP) is 2.88. The molecule has 0 saturated carbocycles. The maximum atomic E-state index is 11.7. The smallest absolute Gasteiger partial charge is 0.284 e. The number of rotatable bonds is 1. The van der Waals surface area contributed by atoms with E-state index in [4.69, 9.17) is 0 Å². The highest BCUT2D eigenvalue weighted by Gasteiger charge is 2.33. The molecule has 2 atom stereocenters. The molecule has 0 radical (unpaired) electrons. The van der Waals surface area contributed by atoms with Gasteiger partial charge in [-0.2, -0.15) is 0 Å². The Bertz CT molecular complexity index is 174. The molecule has 0 spiro atoms. The van der Waals surface area contributed by atoms with Crippen molar-refractivity contribution in [3.8, 4) is 0 Å². The fraction of sp³-hybridized carbons (Fsp3) is 0.750. The van der Waals surface area contributed by atoms with Crippen molar-refractivity contribution < 1.29 is 17.9 Å². The van der Waals surface area contributed by atoms with Crippen molar-refractivity contribution in [1.29, 1.82) is 0 Å². The zero-order valence-corrected chi connectivity index (χ0v) is 6.77. The molecule has 1 rings (SSSR count). The SMILES string of the molecule is CC1CC=C[C@H](OC(F)(F)F)C1. The zero-order chi connectivity index (χ0) is 9.19. The Morgan fingerprint density at radius 3 is 2.58 bits per heavy atom. The van der Waals surface area contributed by atoms with Crippen molar-refractivity contribution in [2.24, 2.45) is 5.92 Å². The first kappa shape index (κ1) is 9.58. The Kier molecular flexibility index (Phi) is 2.77. The second-order valence-electron chi connectivity index (χ2n) is 3.11. The third-order valence-electron chi connectivity index (χ3n) is 1.81. The third kappa shape index (κ3) is 3.26. The van der Waals surface area contributed by atoms with Crippen LogP contribution in [0.2, 0.25) is 0 Å². The second kappa shape index (κ2) is 3.47. The van der Waals surface area contributed by atoms with Gasteiger partial charge in [0.25, 0.3) is 0 Å². The molecule has 0 heterocycles. The van der Waals surface area contributed by atoms with E-state index in [-0.39, 0.29) is 5.92 Å². The number of hydrogen-bond acceptors (Lipinski definition) is 1. The van der Waals surface area contributed by atoms with Crippen LogP contribution in [0.5, 0.6) is 0 Å². The monoisotopic (exact) mass is 180 g/mol. The molecule has 70 valence electrons. The molecule has 0 aromatic rings. The van der Waals surface area contributed by atoms with E-state index in [1.165, 1.54) is 6.08 Å². The van der Waals surface area contributed by atoms with Crippen LogP contribution in [0.4, 0.5) is 13.2 Å². The van der Waals surface area contributed by atoms with Gasteiger partial charge < -0.3 is 0 Å². The van der Waals surface area contributed by atoms with Gasteiger partial charge in [-0.05, 0) is 18.8 Å². The largest absolute Gasteiger partial charge is 0.523 e. The molecule has 4 heteroatoms. The minimum absolute atomic E-state index is 0.280. The minimum Gasteiger partial charge on any atom is -0.284 e. The lowest BCUT2D eigenvalue weighted by molar-refractivity contribution is -0.338. The van der Waals surface area contributed by atoms with Crippen LogP contribution in [0, 0.1) is 5.92 Å². The predicted molar refractivity (Wildman–Crippen MR) is 38.5 cm³/mol. The van der Waals surface area contributed by atoms with E-state index in [9.17, 15) is 13.2 Å². The Morgan fingerprint density at radius 2 is 2.08 bits per heavy atom. The van der Waals surface area contributed by atoms with E-state index >= 15 is 0 Å². The number of hydrogen-bond donors (Lipinski definition) is 0. The van der Waals surface area contributed by atoms with E-state index in [0.717, 1.165) is 6.42 Å². The van der Waals surface area contributed by atoms with E-state index in [1.807, 2.05) is 6.92 Å². The van der Waals surface area contributed by atoms with E-state index in [0.29, 0.717) is 6.42 Å². The van der Waals surface area contributed by atoms with Crippen LogP contribution in [0.1, 0.15) is 19.8 Å². The molecule has 0 aliphatic heterocycles. The van der Waals surface area contributed by atoms with Crippen LogP contribution in [0.3, 0.4) is 0 Å². The first-order chi connectivity index (χ1) is 5.47. The molecule has 0 bridgehead atoms. The van der Waals surface area contributed by atoms with Crippen LogP contribution >= 0.6 is 0 Å². The fourth-order valence-electron chi connectivity index (χ4n) is 1.29. The van der Waals surface area contributed by atoms with Gasteiger partial charge in [0, 0.05) is 0 Å². The normalized spacial score (nSPS) is 30.7. The van der Waals surface area contributed by atoms with Gasteiger partial charge in [-0.25, -0.2) is 0 Å². The summed E-state index contributed by atoms with van der Waals surface area (Å²) in [6.45, 7) is 1.91.